The fourth-order valence-corrected chi connectivity index (χ4v) is 5.03. The number of hydrogen-bond acceptors (Lipinski definition) is 3. The second-order valence-corrected chi connectivity index (χ2v) is 8.46. The topological polar surface area (TPSA) is 27.3 Å². The summed E-state index contributed by atoms with van der Waals surface area (Å²) in [6.07, 6.45) is 3.44. The molecule has 2 unspecified atom stereocenters. The Balaban J connectivity index is 1.20. The van der Waals surface area contributed by atoms with E-state index in [1.54, 1.807) is 12.1 Å². The zero-order valence-corrected chi connectivity index (χ0v) is 16.7. The summed E-state index contributed by atoms with van der Waals surface area (Å²) in [5, 5.41) is 2.64. The Morgan fingerprint density at radius 3 is 2.48 bits per heavy atom. The first-order chi connectivity index (χ1) is 14.3. The molecular weight excluding hydrogens is 361 g/mol. The first-order valence-electron chi connectivity index (χ1n) is 10.7. The highest BCUT2D eigenvalue weighted by atomic mass is 19.1. The Morgan fingerprint density at radius 2 is 1.62 bits per heavy atom. The molecule has 2 aliphatic heterocycles. The van der Waals surface area contributed by atoms with Crippen molar-refractivity contribution in [2.75, 3.05) is 13.1 Å². The van der Waals surface area contributed by atoms with Crippen molar-refractivity contribution in [2.24, 2.45) is 5.92 Å². The molecule has 2 atom stereocenters. The van der Waals surface area contributed by atoms with E-state index in [9.17, 15) is 4.39 Å². The highest BCUT2D eigenvalue weighted by Crippen LogP contribution is 2.33. The Bertz CT molecular complexity index is 975. The number of piperidine rings is 1. The third kappa shape index (κ3) is 3.93. The van der Waals surface area contributed by atoms with Gasteiger partial charge in [-0.25, -0.2) is 9.82 Å². The Morgan fingerprint density at radius 1 is 0.862 bits per heavy atom. The van der Waals surface area contributed by atoms with Crippen LogP contribution in [-0.2, 0) is 6.54 Å². The highest BCUT2D eigenvalue weighted by molar-refractivity contribution is 5.86. The van der Waals surface area contributed by atoms with E-state index in [0.717, 1.165) is 37.9 Å². The van der Waals surface area contributed by atoms with Gasteiger partial charge in [-0.15, -0.1) is 0 Å². The number of nitrogens with one attached hydrogen (secondary N) is 2. The van der Waals surface area contributed by atoms with E-state index in [4.69, 9.17) is 0 Å². The van der Waals surface area contributed by atoms with Crippen LogP contribution in [0.25, 0.3) is 10.8 Å². The van der Waals surface area contributed by atoms with Crippen molar-refractivity contribution in [3.05, 3.63) is 83.7 Å². The minimum absolute atomic E-state index is 0.0887. The first kappa shape index (κ1) is 18.7. The maximum Gasteiger partial charge on any atom is 0.127 e. The highest BCUT2D eigenvalue weighted by Gasteiger charge is 2.33. The fourth-order valence-electron chi connectivity index (χ4n) is 5.03. The second kappa shape index (κ2) is 8.23. The zero-order valence-electron chi connectivity index (χ0n) is 16.7. The fraction of sp³-hybridized carbons (Fsp3) is 0.360. The van der Waals surface area contributed by atoms with E-state index in [0.29, 0.717) is 24.5 Å². The van der Waals surface area contributed by atoms with Crippen LogP contribution in [0.4, 0.5) is 4.39 Å². The smallest absolute Gasteiger partial charge is 0.127 e. The van der Waals surface area contributed by atoms with E-state index in [-0.39, 0.29) is 5.82 Å². The summed E-state index contributed by atoms with van der Waals surface area (Å²) in [7, 11) is 0. The van der Waals surface area contributed by atoms with Crippen molar-refractivity contribution in [1.82, 2.24) is 15.8 Å². The van der Waals surface area contributed by atoms with Crippen LogP contribution in [0.1, 0.15) is 36.4 Å². The molecule has 29 heavy (non-hydrogen) atoms. The van der Waals surface area contributed by atoms with Crippen molar-refractivity contribution in [3.8, 4) is 0 Å². The molecule has 0 amide bonds. The monoisotopic (exact) mass is 389 g/mol. The van der Waals surface area contributed by atoms with Crippen LogP contribution in [0, 0.1) is 11.7 Å². The summed E-state index contributed by atoms with van der Waals surface area (Å²) in [4.78, 5) is 2.39. The van der Waals surface area contributed by atoms with Gasteiger partial charge >= 0.3 is 0 Å². The molecule has 4 heteroatoms. The molecule has 2 aliphatic rings. The lowest BCUT2D eigenvalue weighted by atomic mass is 9.85. The largest absolute Gasteiger partial charge is 0.299 e. The number of fused-ring (bicyclic) bond motifs is 1. The minimum Gasteiger partial charge on any atom is -0.299 e. The third-order valence-corrected chi connectivity index (χ3v) is 6.68. The third-order valence-electron chi connectivity index (χ3n) is 6.68. The summed E-state index contributed by atoms with van der Waals surface area (Å²) >= 11 is 0. The molecule has 5 rings (SSSR count). The number of halogens is 1. The van der Waals surface area contributed by atoms with Crippen molar-refractivity contribution in [2.45, 2.75) is 37.9 Å². The summed E-state index contributed by atoms with van der Waals surface area (Å²) in [6.45, 7) is 2.79. The number of hydrogen-bond donors (Lipinski definition) is 2. The van der Waals surface area contributed by atoms with E-state index in [1.807, 2.05) is 12.1 Å². The van der Waals surface area contributed by atoms with Gasteiger partial charge in [0, 0.05) is 24.2 Å². The molecule has 2 N–H and O–H groups in total. The molecule has 3 aromatic rings. The molecule has 2 heterocycles. The standard InChI is InChI=1S/C25H28FN3/c26-23-11-4-2-7-20(23)17-29-14-12-19(13-15-29)24-16-25(28-27-24)22-10-5-8-18-6-1-3-9-21(18)22/h1-11,19,24-25,27-28H,12-17H2. The van der Waals surface area contributed by atoms with Gasteiger partial charge < -0.3 is 0 Å². The van der Waals surface area contributed by atoms with Gasteiger partial charge in [-0.3, -0.25) is 10.3 Å². The van der Waals surface area contributed by atoms with Gasteiger partial charge in [-0.1, -0.05) is 60.7 Å². The van der Waals surface area contributed by atoms with Gasteiger partial charge in [0.05, 0.1) is 0 Å². The van der Waals surface area contributed by atoms with E-state index >= 15 is 0 Å². The molecule has 0 aromatic heterocycles. The summed E-state index contributed by atoms with van der Waals surface area (Å²) in [5.74, 6) is 0.577. The van der Waals surface area contributed by atoms with Crippen LogP contribution >= 0.6 is 0 Å². The Hall–Kier alpha value is -2.27. The quantitative estimate of drug-likeness (QED) is 0.671. The van der Waals surface area contributed by atoms with Crippen molar-refractivity contribution < 1.29 is 4.39 Å². The van der Waals surface area contributed by atoms with Crippen LogP contribution in [0.3, 0.4) is 0 Å². The van der Waals surface area contributed by atoms with E-state index in [1.165, 1.54) is 16.3 Å². The molecule has 2 saturated heterocycles. The second-order valence-electron chi connectivity index (χ2n) is 8.46. The molecule has 2 fully saturated rings. The summed E-state index contributed by atoms with van der Waals surface area (Å²) in [6, 6.07) is 23.2. The number of hydrazine groups is 1. The summed E-state index contributed by atoms with van der Waals surface area (Å²) in [5.41, 5.74) is 9.33. The van der Waals surface area contributed by atoms with Gasteiger partial charge in [0.25, 0.3) is 0 Å². The molecule has 3 aromatic carbocycles. The predicted octanol–water partition coefficient (Wildman–Crippen LogP) is 4.80. The van der Waals surface area contributed by atoms with Gasteiger partial charge in [0.2, 0.25) is 0 Å². The minimum atomic E-state index is -0.0887. The summed E-state index contributed by atoms with van der Waals surface area (Å²) < 4.78 is 13.9. The van der Waals surface area contributed by atoms with E-state index < -0.39 is 0 Å². The lowest BCUT2D eigenvalue weighted by molar-refractivity contribution is 0.154. The van der Waals surface area contributed by atoms with Crippen molar-refractivity contribution in [1.29, 1.82) is 0 Å². The molecule has 0 saturated carbocycles. The number of rotatable bonds is 4. The molecule has 0 bridgehead atoms. The maximum atomic E-state index is 13.9. The number of benzene rings is 3. The zero-order chi connectivity index (χ0) is 19.6. The van der Waals surface area contributed by atoms with Gasteiger partial charge in [0.1, 0.15) is 5.82 Å². The van der Waals surface area contributed by atoms with Crippen LogP contribution in [-0.4, -0.2) is 24.0 Å². The number of likely N-dealkylation sites (tertiary alicyclic amines) is 1. The first-order valence-corrected chi connectivity index (χ1v) is 10.7. The Kier molecular flexibility index (Phi) is 5.32. The van der Waals surface area contributed by atoms with E-state index in [2.05, 4.69) is 58.2 Å². The normalized spacial score (nSPS) is 23.6. The maximum absolute atomic E-state index is 13.9. The molecule has 0 radical (unpaired) electrons. The lowest BCUT2D eigenvalue weighted by Gasteiger charge is -2.34. The van der Waals surface area contributed by atoms with Crippen LogP contribution < -0.4 is 10.9 Å². The lowest BCUT2D eigenvalue weighted by Crippen LogP contribution is -2.42. The SMILES string of the molecule is Fc1ccccc1CN1CCC(C2CC(c3cccc4ccccc34)NN2)CC1. The molecule has 3 nitrogen and oxygen atoms in total. The molecule has 0 spiro atoms. The molecule has 150 valence electrons. The van der Waals surface area contributed by atoms with Gasteiger partial charge in [-0.05, 0) is 60.7 Å². The van der Waals surface area contributed by atoms with Crippen LogP contribution in [0.15, 0.2) is 66.7 Å². The van der Waals surface area contributed by atoms with Crippen molar-refractivity contribution in [3.63, 3.8) is 0 Å². The van der Waals surface area contributed by atoms with Gasteiger partial charge in [0.15, 0.2) is 0 Å². The number of nitrogens with zero attached hydrogens (tertiary/aromatic N) is 1. The van der Waals surface area contributed by atoms with Crippen LogP contribution in [0.5, 0.6) is 0 Å². The predicted molar refractivity (Wildman–Crippen MR) is 116 cm³/mol. The molecular formula is C25H28FN3. The average Bonchev–Trinajstić information content (AvgIpc) is 3.25. The molecule has 0 aliphatic carbocycles. The van der Waals surface area contributed by atoms with Crippen molar-refractivity contribution >= 4 is 10.8 Å². The Labute approximate surface area is 171 Å². The van der Waals surface area contributed by atoms with Gasteiger partial charge in [-0.2, -0.15) is 0 Å². The van der Waals surface area contributed by atoms with Crippen LogP contribution in [0.2, 0.25) is 0 Å². The average molecular weight is 390 g/mol.